The van der Waals surface area contributed by atoms with Crippen LogP contribution >= 0.6 is 0 Å². The molecule has 2 aromatic rings. The van der Waals surface area contributed by atoms with Gasteiger partial charge in [0.05, 0.1) is 26.7 Å². The second kappa shape index (κ2) is 9.41. The van der Waals surface area contributed by atoms with Gasteiger partial charge in [0, 0.05) is 31.4 Å². The molecule has 0 saturated carbocycles. The van der Waals surface area contributed by atoms with Crippen LogP contribution in [0.2, 0.25) is 0 Å². The van der Waals surface area contributed by atoms with Gasteiger partial charge in [-0.15, -0.1) is 0 Å². The fraction of sp³-hybridized carbons (Fsp3) is 0.417. The summed E-state index contributed by atoms with van der Waals surface area (Å²) in [5, 5.41) is 13.4. The average molecular weight is 411 g/mol. The number of hydrogen-bond donors (Lipinski definition) is 0. The molecule has 0 spiro atoms. The van der Waals surface area contributed by atoms with Gasteiger partial charge in [-0.2, -0.15) is 0 Å². The van der Waals surface area contributed by atoms with Crippen LogP contribution in [0.15, 0.2) is 60.7 Å². The SMILES string of the molecule is CCC(=O)N(c1ccccc1)C1(C(=O)OC)CC[N+]([O-])(CCc2ccccc2)CC1. The van der Waals surface area contributed by atoms with Gasteiger partial charge >= 0.3 is 5.97 Å². The van der Waals surface area contributed by atoms with Crippen molar-refractivity contribution in [3.8, 4) is 0 Å². The minimum atomic E-state index is -1.15. The second-order valence-electron chi connectivity index (χ2n) is 7.91. The van der Waals surface area contributed by atoms with Crippen LogP contribution in [0.25, 0.3) is 0 Å². The van der Waals surface area contributed by atoms with Crippen LogP contribution in [-0.2, 0) is 20.7 Å². The molecule has 1 saturated heterocycles. The number of benzene rings is 2. The minimum absolute atomic E-state index is 0.151. The van der Waals surface area contributed by atoms with Crippen LogP contribution < -0.4 is 4.90 Å². The highest BCUT2D eigenvalue weighted by Gasteiger charge is 2.52. The predicted molar refractivity (Wildman–Crippen MR) is 117 cm³/mol. The number of methoxy groups -OCH3 is 1. The first-order chi connectivity index (χ1) is 14.4. The van der Waals surface area contributed by atoms with E-state index in [9.17, 15) is 14.8 Å². The van der Waals surface area contributed by atoms with E-state index in [1.54, 1.807) is 11.8 Å². The number of quaternary nitrogens is 1. The topological polar surface area (TPSA) is 69.7 Å². The van der Waals surface area contributed by atoms with E-state index in [4.69, 9.17) is 4.74 Å². The van der Waals surface area contributed by atoms with E-state index in [-0.39, 0.29) is 42.9 Å². The molecule has 1 heterocycles. The number of para-hydroxylation sites is 1. The Hall–Kier alpha value is -2.70. The molecule has 30 heavy (non-hydrogen) atoms. The lowest BCUT2D eigenvalue weighted by Gasteiger charge is -2.53. The van der Waals surface area contributed by atoms with Crippen LogP contribution in [0, 0.1) is 5.21 Å². The second-order valence-corrected chi connectivity index (χ2v) is 7.91. The van der Waals surface area contributed by atoms with Gasteiger partial charge in [-0.05, 0) is 17.7 Å². The number of rotatable bonds is 7. The van der Waals surface area contributed by atoms with Crippen LogP contribution in [0.1, 0.15) is 31.7 Å². The van der Waals surface area contributed by atoms with Crippen molar-refractivity contribution in [3.05, 3.63) is 71.4 Å². The van der Waals surface area contributed by atoms with Gasteiger partial charge in [0.25, 0.3) is 0 Å². The third-order valence-electron chi connectivity index (χ3n) is 6.08. The van der Waals surface area contributed by atoms with Crippen molar-refractivity contribution < 1.29 is 19.0 Å². The molecule has 1 fully saturated rings. The Kier molecular flexibility index (Phi) is 6.90. The van der Waals surface area contributed by atoms with Crippen LogP contribution in [0.4, 0.5) is 5.69 Å². The van der Waals surface area contributed by atoms with Gasteiger partial charge in [0.15, 0.2) is 5.54 Å². The van der Waals surface area contributed by atoms with Crippen LogP contribution in [0.3, 0.4) is 0 Å². The maximum absolute atomic E-state index is 13.4. The normalized spacial score (nSPS) is 23.6. The van der Waals surface area contributed by atoms with Crippen molar-refractivity contribution >= 4 is 17.6 Å². The third kappa shape index (κ3) is 4.55. The molecule has 0 aromatic heterocycles. The van der Waals surface area contributed by atoms with E-state index in [1.807, 2.05) is 60.7 Å². The first-order valence-electron chi connectivity index (χ1n) is 10.5. The van der Waals surface area contributed by atoms with Crippen molar-refractivity contribution in [2.75, 3.05) is 31.6 Å². The Morgan fingerprint density at radius 2 is 1.60 bits per heavy atom. The van der Waals surface area contributed by atoms with Crippen molar-refractivity contribution in [3.63, 3.8) is 0 Å². The maximum Gasteiger partial charge on any atom is 0.332 e. The highest BCUT2D eigenvalue weighted by Crippen LogP contribution is 2.37. The Balaban J connectivity index is 1.84. The molecule has 1 aliphatic rings. The number of carbonyl (C=O) groups excluding carboxylic acids is 2. The number of amides is 1. The molecular formula is C24H30N2O4. The van der Waals surface area contributed by atoms with Crippen molar-refractivity contribution in [2.24, 2.45) is 0 Å². The molecule has 2 aromatic carbocycles. The summed E-state index contributed by atoms with van der Waals surface area (Å²) in [5.41, 5.74) is 0.634. The number of likely N-dealkylation sites (tertiary alicyclic amines) is 1. The van der Waals surface area contributed by atoms with Gasteiger partial charge in [-0.25, -0.2) is 4.79 Å². The number of carbonyl (C=O) groups is 2. The monoisotopic (exact) mass is 410 g/mol. The number of esters is 1. The summed E-state index contributed by atoms with van der Waals surface area (Å²) in [6.07, 6.45) is 1.50. The lowest BCUT2D eigenvalue weighted by atomic mass is 9.84. The Bertz CT molecular complexity index is 846. The molecule has 3 rings (SSSR count). The summed E-state index contributed by atoms with van der Waals surface area (Å²) < 4.78 is 4.78. The summed E-state index contributed by atoms with van der Waals surface area (Å²) >= 11 is 0. The largest absolute Gasteiger partial charge is 0.633 e. The van der Waals surface area contributed by atoms with E-state index in [2.05, 4.69) is 0 Å². The maximum atomic E-state index is 13.4. The third-order valence-corrected chi connectivity index (χ3v) is 6.08. The Labute approximate surface area is 178 Å². The van der Waals surface area contributed by atoms with E-state index in [0.29, 0.717) is 18.7 Å². The highest BCUT2D eigenvalue weighted by molar-refractivity contribution is 6.02. The average Bonchev–Trinajstić information content (AvgIpc) is 2.80. The smallest absolute Gasteiger partial charge is 0.332 e. The molecule has 0 N–H and O–H groups in total. The zero-order valence-corrected chi connectivity index (χ0v) is 17.8. The van der Waals surface area contributed by atoms with Gasteiger partial charge in [0.2, 0.25) is 5.91 Å². The van der Waals surface area contributed by atoms with E-state index in [1.165, 1.54) is 7.11 Å². The van der Waals surface area contributed by atoms with Gasteiger partial charge < -0.3 is 14.6 Å². The molecule has 6 heteroatoms. The molecule has 0 atom stereocenters. The van der Waals surface area contributed by atoms with Crippen LogP contribution in [-0.4, -0.2) is 48.8 Å². The number of ether oxygens (including phenoxy) is 1. The number of hydroxylamine groups is 3. The Morgan fingerprint density at radius 1 is 1.03 bits per heavy atom. The highest BCUT2D eigenvalue weighted by atomic mass is 16.5. The molecular weight excluding hydrogens is 380 g/mol. The van der Waals surface area contributed by atoms with Crippen LogP contribution in [0.5, 0.6) is 0 Å². The fourth-order valence-corrected chi connectivity index (χ4v) is 4.29. The quantitative estimate of drug-likeness (QED) is 0.397. The number of anilines is 1. The molecule has 0 aliphatic carbocycles. The zero-order valence-electron chi connectivity index (χ0n) is 17.8. The number of hydrogen-bond acceptors (Lipinski definition) is 4. The fourth-order valence-electron chi connectivity index (χ4n) is 4.29. The summed E-state index contributed by atoms with van der Waals surface area (Å²) in [6.45, 7) is 2.76. The molecule has 1 amide bonds. The molecule has 0 unspecified atom stereocenters. The zero-order chi connectivity index (χ0) is 21.6. The minimum Gasteiger partial charge on any atom is -0.633 e. The van der Waals surface area contributed by atoms with E-state index >= 15 is 0 Å². The number of nitrogens with zero attached hydrogens (tertiary/aromatic N) is 2. The standard InChI is InChI=1S/C24H30N2O4/c1-3-22(27)25(21-12-8-5-9-13-21)24(23(28)30-2)15-18-26(29,19-16-24)17-14-20-10-6-4-7-11-20/h4-13H,3,14-19H2,1-2H3. The molecule has 160 valence electrons. The summed E-state index contributed by atoms with van der Waals surface area (Å²) in [5.74, 6) is -0.607. The molecule has 0 bridgehead atoms. The van der Waals surface area contributed by atoms with Crippen molar-refractivity contribution in [1.82, 2.24) is 0 Å². The molecule has 0 radical (unpaired) electrons. The Morgan fingerprint density at radius 3 is 2.13 bits per heavy atom. The first-order valence-corrected chi connectivity index (χ1v) is 10.5. The van der Waals surface area contributed by atoms with Crippen molar-refractivity contribution in [1.29, 1.82) is 0 Å². The van der Waals surface area contributed by atoms with E-state index in [0.717, 1.165) is 5.56 Å². The summed E-state index contributed by atoms with van der Waals surface area (Å²) in [4.78, 5) is 27.5. The van der Waals surface area contributed by atoms with Gasteiger partial charge in [-0.3, -0.25) is 9.69 Å². The predicted octanol–water partition coefficient (Wildman–Crippen LogP) is 3.69. The summed E-state index contributed by atoms with van der Waals surface area (Å²) in [6, 6.07) is 19.1. The van der Waals surface area contributed by atoms with E-state index < -0.39 is 11.5 Å². The molecule has 6 nitrogen and oxygen atoms in total. The lowest BCUT2D eigenvalue weighted by Crippen LogP contribution is -2.65. The lowest BCUT2D eigenvalue weighted by molar-refractivity contribution is -0.886. The first kappa shape index (κ1) is 22.0. The van der Waals surface area contributed by atoms with Crippen molar-refractivity contribution in [2.45, 2.75) is 38.1 Å². The van der Waals surface area contributed by atoms with Gasteiger partial charge in [0.1, 0.15) is 0 Å². The van der Waals surface area contributed by atoms with Gasteiger partial charge in [-0.1, -0.05) is 55.5 Å². The summed E-state index contributed by atoms with van der Waals surface area (Å²) in [7, 11) is 1.34. The molecule has 1 aliphatic heterocycles. The number of piperidine rings is 1.